The van der Waals surface area contributed by atoms with Gasteiger partial charge in [0.2, 0.25) is 5.91 Å². The zero-order valence-corrected chi connectivity index (χ0v) is 12.2. The van der Waals surface area contributed by atoms with E-state index < -0.39 is 29.2 Å². The van der Waals surface area contributed by atoms with Crippen molar-refractivity contribution >= 4 is 12.0 Å². The number of carbonyl (C=O) groups excluding carboxylic acids is 2. The van der Waals surface area contributed by atoms with E-state index in [1.54, 1.807) is 34.9 Å². The Labute approximate surface area is 108 Å². The van der Waals surface area contributed by atoms with Crippen LogP contribution in [0.15, 0.2) is 0 Å². The minimum atomic E-state index is -1.38. The molecular weight excluding hydrogens is 236 g/mol. The number of hydrogen-bond acceptors (Lipinski definition) is 4. The zero-order valence-electron chi connectivity index (χ0n) is 12.2. The molecule has 0 saturated carbocycles. The van der Waals surface area contributed by atoms with Gasteiger partial charge in [-0.2, -0.15) is 0 Å². The van der Waals surface area contributed by atoms with Crippen LogP contribution in [-0.2, 0) is 9.53 Å². The van der Waals surface area contributed by atoms with Crippen molar-refractivity contribution in [2.45, 2.75) is 51.9 Å². The Morgan fingerprint density at radius 1 is 1.17 bits per heavy atom. The molecule has 106 valence electrons. The van der Waals surface area contributed by atoms with Gasteiger partial charge < -0.3 is 20.1 Å². The van der Waals surface area contributed by atoms with Crippen molar-refractivity contribution in [3.8, 4) is 0 Å². The van der Waals surface area contributed by atoms with Gasteiger partial charge in [-0.15, -0.1) is 0 Å². The minimum Gasteiger partial charge on any atom is -0.444 e. The van der Waals surface area contributed by atoms with Crippen LogP contribution in [0.1, 0.15) is 34.6 Å². The predicted molar refractivity (Wildman–Crippen MR) is 68.1 cm³/mol. The predicted octanol–water partition coefficient (Wildman–Crippen LogP) is 0.739. The maximum Gasteiger partial charge on any atom is 0.408 e. The summed E-state index contributed by atoms with van der Waals surface area (Å²) in [6, 6.07) is -1.05. The van der Waals surface area contributed by atoms with E-state index in [-0.39, 0.29) is 0 Å². The third-order valence-corrected chi connectivity index (χ3v) is 2.06. The molecule has 18 heavy (non-hydrogen) atoms. The van der Waals surface area contributed by atoms with Gasteiger partial charge in [0.05, 0.1) is 5.60 Å². The summed E-state index contributed by atoms with van der Waals surface area (Å²) in [5.74, 6) is -0.395. The van der Waals surface area contributed by atoms with E-state index in [1.807, 2.05) is 0 Å². The molecule has 0 bridgehead atoms. The molecule has 0 saturated heterocycles. The number of rotatable bonds is 3. The number of aliphatic hydroxyl groups is 1. The van der Waals surface area contributed by atoms with E-state index in [2.05, 4.69) is 5.32 Å². The van der Waals surface area contributed by atoms with E-state index in [0.717, 1.165) is 0 Å². The summed E-state index contributed by atoms with van der Waals surface area (Å²) in [4.78, 5) is 24.8. The van der Waals surface area contributed by atoms with Crippen LogP contribution < -0.4 is 5.32 Å². The van der Waals surface area contributed by atoms with Gasteiger partial charge >= 0.3 is 6.09 Å². The van der Waals surface area contributed by atoms with E-state index in [0.29, 0.717) is 0 Å². The smallest absolute Gasteiger partial charge is 0.408 e. The SMILES string of the molecule is CN(C)C(=O)[C@@H](NC(=O)OC(C)(C)C)C(C)(C)O. The standard InChI is InChI=1S/C12H24N2O4/c1-11(2,3)18-10(16)13-8(12(4,5)17)9(15)14(6)7/h8,17H,1-7H3,(H,13,16)/t8-/m1/s1. The highest BCUT2D eigenvalue weighted by Crippen LogP contribution is 2.13. The second-order valence-corrected chi connectivity index (χ2v) is 5.97. The quantitative estimate of drug-likeness (QED) is 0.784. The Balaban J connectivity index is 4.83. The Morgan fingerprint density at radius 2 is 1.61 bits per heavy atom. The second kappa shape index (κ2) is 5.56. The minimum absolute atomic E-state index is 0.395. The molecular formula is C12H24N2O4. The van der Waals surface area contributed by atoms with Crippen molar-refractivity contribution in [1.82, 2.24) is 10.2 Å². The number of ether oxygens (including phenoxy) is 1. The van der Waals surface area contributed by atoms with Gasteiger partial charge in [0.1, 0.15) is 11.6 Å². The zero-order chi connectivity index (χ0) is 14.7. The first-order chi connectivity index (χ1) is 7.84. The summed E-state index contributed by atoms with van der Waals surface area (Å²) in [6.07, 6.45) is -0.732. The summed E-state index contributed by atoms with van der Waals surface area (Å²) < 4.78 is 5.06. The van der Waals surface area contributed by atoms with Gasteiger partial charge in [-0.25, -0.2) is 4.79 Å². The molecule has 0 unspecified atom stereocenters. The number of hydrogen-bond donors (Lipinski definition) is 2. The van der Waals surface area contributed by atoms with Crippen molar-refractivity contribution in [3.05, 3.63) is 0 Å². The van der Waals surface area contributed by atoms with Crippen LogP contribution in [0, 0.1) is 0 Å². The molecule has 2 amide bonds. The first-order valence-electron chi connectivity index (χ1n) is 5.77. The molecule has 0 aromatic carbocycles. The van der Waals surface area contributed by atoms with Crippen LogP contribution in [0.3, 0.4) is 0 Å². The fourth-order valence-electron chi connectivity index (χ4n) is 1.22. The monoisotopic (exact) mass is 260 g/mol. The normalized spacial score (nSPS) is 13.8. The first-order valence-corrected chi connectivity index (χ1v) is 5.77. The summed E-state index contributed by atoms with van der Waals surface area (Å²) in [6.45, 7) is 8.07. The maximum absolute atomic E-state index is 11.9. The van der Waals surface area contributed by atoms with Crippen molar-refractivity contribution in [2.24, 2.45) is 0 Å². The van der Waals surface area contributed by atoms with Crippen molar-refractivity contribution < 1.29 is 19.4 Å². The van der Waals surface area contributed by atoms with Crippen molar-refractivity contribution in [3.63, 3.8) is 0 Å². The lowest BCUT2D eigenvalue weighted by Gasteiger charge is -2.31. The van der Waals surface area contributed by atoms with E-state index in [1.165, 1.54) is 18.7 Å². The van der Waals surface area contributed by atoms with Crippen LogP contribution in [0.2, 0.25) is 0 Å². The Morgan fingerprint density at radius 3 is 1.89 bits per heavy atom. The molecule has 2 N–H and O–H groups in total. The number of amides is 2. The summed E-state index contributed by atoms with van der Waals surface area (Å²) in [5, 5.41) is 12.3. The number of likely N-dealkylation sites (N-methyl/N-ethyl adjacent to an activating group) is 1. The van der Waals surface area contributed by atoms with Crippen LogP contribution in [0.5, 0.6) is 0 Å². The number of nitrogens with one attached hydrogen (secondary N) is 1. The summed E-state index contributed by atoms with van der Waals surface area (Å²) in [5.41, 5.74) is -2.03. The lowest BCUT2D eigenvalue weighted by Crippen LogP contribution is -2.58. The first kappa shape index (κ1) is 16.7. The Kier molecular flexibility index (Phi) is 5.16. The van der Waals surface area contributed by atoms with Gasteiger partial charge in [0.15, 0.2) is 0 Å². The molecule has 0 spiro atoms. The summed E-state index contributed by atoms with van der Waals surface area (Å²) in [7, 11) is 3.11. The van der Waals surface area contributed by atoms with Crippen LogP contribution in [-0.4, -0.2) is 53.3 Å². The molecule has 0 heterocycles. The number of alkyl carbamates (subject to hydrolysis) is 1. The molecule has 0 aromatic rings. The average molecular weight is 260 g/mol. The largest absolute Gasteiger partial charge is 0.444 e. The van der Waals surface area contributed by atoms with Gasteiger partial charge in [-0.1, -0.05) is 0 Å². The maximum atomic E-state index is 11.9. The van der Waals surface area contributed by atoms with E-state index >= 15 is 0 Å². The Bertz CT molecular complexity index is 313. The number of carbonyl (C=O) groups is 2. The van der Waals surface area contributed by atoms with Crippen LogP contribution in [0.25, 0.3) is 0 Å². The molecule has 0 fully saturated rings. The highest BCUT2D eigenvalue weighted by Gasteiger charge is 2.36. The molecule has 0 aromatic heterocycles. The molecule has 0 aliphatic heterocycles. The molecule has 0 aliphatic carbocycles. The van der Waals surface area contributed by atoms with Crippen LogP contribution in [0.4, 0.5) is 4.79 Å². The molecule has 1 atom stereocenters. The lowest BCUT2D eigenvalue weighted by molar-refractivity contribution is -0.136. The van der Waals surface area contributed by atoms with E-state index in [4.69, 9.17) is 4.74 Å². The van der Waals surface area contributed by atoms with Gasteiger partial charge in [0.25, 0.3) is 0 Å². The fourth-order valence-corrected chi connectivity index (χ4v) is 1.22. The van der Waals surface area contributed by atoms with Gasteiger partial charge in [0, 0.05) is 14.1 Å². The van der Waals surface area contributed by atoms with Gasteiger partial charge in [-0.3, -0.25) is 4.79 Å². The Hall–Kier alpha value is -1.30. The average Bonchev–Trinajstić information content (AvgIpc) is 2.08. The highest BCUT2D eigenvalue weighted by molar-refractivity contribution is 5.86. The molecule has 0 rings (SSSR count). The molecule has 6 nitrogen and oxygen atoms in total. The highest BCUT2D eigenvalue weighted by atomic mass is 16.6. The topological polar surface area (TPSA) is 78.9 Å². The van der Waals surface area contributed by atoms with Crippen molar-refractivity contribution in [1.29, 1.82) is 0 Å². The lowest BCUT2D eigenvalue weighted by atomic mass is 9.98. The third-order valence-electron chi connectivity index (χ3n) is 2.06. The summed E-state index contributed by atoms with van der Waals surface area (Å²) >= 11 is 0. The molecule has 0 aliphatic rings. The molecule has 0 radical (unpaired) electrons. The number of nitrogens with zero attached hydrogens (tertiary/aromatic N) is 1. The van der Waals surface area contributed by atoms with Crippen LogP contribution >= 0.6 is 0 Å². The second-order valence-electron chi connectivity index (χ2n) is 5.97. The van der Waals surface area contributed by atoms with Crippen molar-refractivity contribution in [2.75, 3.05) is 14.1 Å². The third kappa shape index (κ3) is 5.86. The fraction of sp³-hybridized carbons (Fsp3) is 0.833. The molecule has 6 heteroatoms. The van der Waals surface area contributed by atoms with E-state index in [9.17, 15) is 14.7 Å². The van der Waals surface area contributed by atoms with Gasteiger partial charge in [-0.05, 0) is 34.6 Å².